The van der Waals surface area contributed by atoms with Crippen LogP contribution in [-0.4, -0.2) is 36.7 Å². The van der Waals surface area contributed by atoms with Crippen LogP contribution in [0, 0.1) is 12.8 Å². The Kier molecular flexibility index (Phi) is 6.20. The molecule has 0 saturated carbocycles. The van der Waals surface area contributed by atoms with E-state index in [9.17, 15) is 13.2 Å². The van der Waals surface area contributed by atoms with E-state index in [0.717, 1.165) is 22.2 Å². The molecule has 0 radical (unpaired) electrons. The SMILES string of the molecule is Cc1csc(N(C(=O)C2CCN(S(=O)(=O)c3ccc4ccccc4c3)CC2)c2ccccc2)n1. The maximum atomic E-state index is 13.6. The zero-order valence-electron chi connectivity index (χ0n) is 18.8. The summed E-state index contributed by atoms with van der Waals surface area (Å²) in [6, 6.07) is 22.4. The van der Waals surface area contributed by atoms with Crippen molar-refractivity contribution < 1.29 is 13.2 Å². The Morgan fingerprint density at radius 3 is 2.32 bits per heavy atom. The third-order valence-electron chi connectivity index (χ3n) is 6.19. The van der Waals surface area contributed by atoms with Crippen molar-refractivity contribution in [3.05, 3.63) is 83.9 Å². The maximum Gasteiger partial charge on any atom is 0.243 e. The van der Waals surface area contributed by atoms with Gasteiger partial charge in [-0.2, -0.15) is 4.31 Å². The van der Waals surface area contributed by atoms with E-state index < -0.39 is 10.0 Å². The average molecular weight is 492 g/mol. The third-order valence-corrected chi connectivity index (χ3v) is 9.03. The predicted octanol–water partition coefficient (Wildman–Crippen LogP) is 5.37. The number of fused-ring (bicyclic) bond motifs is 1. The molecule has 3 aromatic carbocycles. The van der Waals surface area contributed by atoms with E-state index in [1.54, 1.807) is 17.0 Å². The molecule has 1 aliphatic heterocycles. The van der Waals surface area contributed by atoms with Gasteiger partial charge in [0.2, 0.25) is 15.9 Å². The summed E-state index contributed by atoms with van der Waals surface area (Å²) in [5.74, 6) is -0.309. The van der Waals surface area contributed by atoms with Crippen molar-refractivity contribution >= 4 is 48.9 Å². The van der Waals surface area contributed by atoms with Crippen LogP contribution in [0.1, 0.15) is 18.5 Å². The van der Waals surface area contributed by atoms with Crippen molar-refractivity contribution in [3.63, 3.8) is 0 Å². The Labute approximate surface area is 203 Å². The van der Waals surface area contributed by atoms with Gasteiger partial charge in [0.25, 0.3) is 0 Å². The second-order valence-corrected chi connectivity index (χ2v) is 11.2. The van der Waals surface area contributed by atoms with Gasteiger partial charge >= 0.3 is 0 Å². The van der Waals surface area contributed by atoms with Crippen LogP contribution < -0.4 is 4.90 Å². The number of carbonyl (C=O) groups is 1. The molecule has 0 spiro atoms. The lowest BCUT2D eigenvalue weighted by atomic mass is 9.96. The van der Waals surface area contributed by atoms with Crippen LogP contribution in [0.2, 0.25) is 0 Å². The summed E-state index contributed by atoms with van der Waals surface area (Å²) < 4.78 is 28.1. The maximum absolute atomic E-state index is 13.6. The number of para-hydroxylation sites is 1. The highest BCUT2D eigenvalue weighted by atomic mass is 32.2. The lowest BCUT2D eigenvalue weighted by molar-refractivity contribution is -0.122. The number of hydrogen-bond donors (Lipinski definition) is 0. The molecular formula is C26H25N3O3S2. The fourth-order valence-corrected chi connectivity index (χ4v) is 6.69. The van der Waals surface area contributed by atoms with Crippen LogP contribution in [0.25, 0.3) is 10.8 Å². The number of anilines is 2. The van der Waals surface area contributed by atoms with Gasteiger partial charge in [-0.15, -0.1) is 11.3 Å². The molecule has 5 rings (SSSR count). The number of amides is 1. The highest BCUT2D eigenvalue weighted by Gasteiger charge is 2.35. The van der Waals surface area contributed by atoms with Crippen LogP contribution >= 0.6 is 11.3 Å². The number of hydrogen-bond acceptors (Lipinski definition) is 5. The number of thiazole rings is 1. The molecule has 4 aromatic rings. The molecule has 8 heteroatoms. The Morgan fingerprint density at radius 1 is 0.971 bits per heavy atom. The Bertz CT molecular complexity index is 1430. The van der Waals surface area contributed by atoms with E-state index in [-0.39, 0.29) is 11.8 Å². The van der Waals surface area contributed by atoms with Crippen molar-refractivity contribution in [2.75, 3.05) is 18.0 Å². The zero-order chi connectivity index (χ0) is 23.7. The van der Waals surface area contributed by atoms with Crippen LogP contribution in [0.4, 0.5) is 10.8 Å². The van der Waals surface area contributed by atoms with Gasteiger partial charge in [-0.1, -0.05) is 48.5 Å². The summed E-state index contributed by atoms with van der Waals surface area (Å²) in [4.78, 5) is 20.1. The van der Waals surface area contributed by atoms with Gasteiger partial charge in [0, 0.05) is 24.4 Å². The van der Waals surface area contributed by atoms with Crippen LogP contribution in [0.15, 0.2) is 83.1 Å². The summed E-state index contributed by atoms with van der Waals surface area (Å²) >= 11 is 1.44. The lowest BCUT2D eigenvalue weighted by Crippen LogP contribution is -2.43. The molecular weight excluding hydrogens is 466 g/mol. The Hall–Kier alpha value is -3.07. The van der Waals surface area contributed by atoms with E-state index in [1.165, 1.54) is 15.6 Å². The number of piperidine rings is 1. The molecule has 0 N–H and O–H groups in total. The number of nitrogens with zero attached hydrogens (tertiary/aromatic N) is 3. The van der Waals surface area contributed by atoms with Gasteiger partial charge in [0.1, 0.15) is 0 Å². The van der Waals surface area contributed by atoms with Crippen LogP contribution in [0.5, 0.6) is 0 Å². The van der Waals surface area contributed by atoms with Crippen molar-refractivity contribution in [3.8, 4) is 0 Å². The molecule has 1 amide bonds. The quantitative estimate of drug-likeness (QED) is 0.376. The van der Waals surface area contributed by atoms with Gasteiger partial charge in [0.05, 0.1) is 16.3 Å². The minimum absolute atomic E-state index is 0.0386. The number of sulfonamides is 1. The van der Waals surface area contributed by atoms with Gasteiger partial charge in [-0.3, -0.25) is 9.69 Å². The first-order valence-electron chi connectivity index (χ1n) is 11.2. The van der Waals surface area contributed by atoms with E-state index in [0.29, 0.717) is 36.0 Å². The minimum atomic E-state index is -3.63. The standard InChI is InChI=1S/C26H25N3O3S2/c1-19-18-33-26(27-19)29(23-9-3-2-4-10-23)25(30)21-13-15-28(16-14-21)34(31,32)24-12-11-20-7-5-6-8-22(20)17-24/h2-12,17-18,21H,13-16H2,1H3. The second kappa shape index (κ2) is 9.29. The van der Waals surface area contributed by atoms with E-state index >= 15 is 0 Å². The number of aryl methyl sites for hydroxylation is 1. The number of carbonyl (C=O) groups excluding carboxylic acids is 1. The largest absolute Gasteiger partial charge is 0.274 e. The number of rotatable bonds is 5. The summed E-state index contributed by atoms with van der Waals surface area (Å²) in [5.41, 5.74) is 1.64. The van der Waals surface area contributed by atoms with Crippen LogP contribution in [-0.2, 0) is 14.8 Å². The first-order chi connectivity index (χ1) is 16.4. The topological polar surface area (TPSA) is 70.6 Å². The molecule has 1 aliphatic rings. The number of aromatic nitrogens is 1. The molecule has 6 nitrogen and oxygen atoms in total. The molecule has 1 aromatic heterocycles. The van der Waals surface area contributed by atoms with Crippen LogP contribution in [0.3, 0.4) is 0 Å². The molecule has 1 saturated heterocycles. The van der Waals surface area contributed by atoms with Gasteiger partial charge in [0.15, 0.2) is 5.13 Å². The fourth-order valence-electron chi connectivity index (χ4n) is 4.36. The van der Waals surface area contributed by atoms with E-state index in [2.05, 4.69) is 4.98 Å². The first-order valence-corrected chi connectivity index (χ1v) is 13.6. The Morgan fingerprint density at radius 2 is 1.65 bits per heavy atom. The normalized spacial score (nSPS) is 15.4. The van der Waals surface area contributed by atoms with Crippen molar-refractivity contribution in [2.24, 2.45) is 5.92 Å². The van der Waals surface area contributed by atoms with Gasteiger partial charge in [-0.05, 0) is 54.8 Å². The molecule has 0 unspecified atom stereocenters. The smallest absolute Gasteiger partial charge is 0.243 e. The van der Waals surface area contributed by atoms with Crippen molar-refractivity contribution in [2.45, 2.75) is 24.7 Å². The Balaban J connectivity index is 1.34. The zero-order valence-corrected chi connectivity index (χ0v) is 20.4. The highest BCUT2D eigenvalue weighted by molar-refractivity contribution is 7.89. The van der Waals surface area contributed by atoms with Crippen molar-refractivity contribution in [1.29, 1.82) is 0 Å². The summed E-state index contributed by atoms with van der Waals surface area (Å²) in [6.07, 6.45) is 0.943. The molecule has 1 fully saturated rings. The summed E-state index contributed by atoms with van der Waals surface area (Å²) in [5, 5.41) is 4.46. The lowest BCUT2D eigenvalue weighted by Gasteiger charge is -2.33. The molecule has 174 valence electrons. The van der Waals surface area contributed by atoms with Crippen molar-refractivity contribution in [1.82, 2.24) is 9.29 Å². The highest BCUT2D eigenvalue weighted by Crippen LogP contribution is 2.33. The molecule has 0 aliphatic carbocycles. The fraction of sp³-hybridized carbons (Fsp3) is 0.231. The summed E-state index contributed by atoms with van der Waals surface area (Å²) in [7, 11) is -3.63. The summed E-state index contributed by atoms with van der Waals surface area (Å²) in [6.45, 7) is 2.53. The minimum Gasteiger partial charge on any atom is -0.274 e. The second-order valence-electron chi connectivity index (χ2n) is 8.47. The average Bonchev–Trinajstić information content (AvgIpc) is 3.30. The third kappa shape index (κ3) is 4.36. The first kappa shape index (κ1) is 22.7. The predicted molar refractivity (Wildman–Crippen MR) is 136 cm³/mol. The molecule has 0 bridgehead atoms. The molecule has 34 heavy (non-hydrogen) atoms. The number of benzene rings is 3. The van der Waals surface area contributed by atoms with Gasteiger partial charge in [-0.25, -0.2) is 13.4 Å². The van der Waals surface area contributed by atoms with Gasteiger partial charge < -0.3 is 0 Å². The molecule has 0 atom stereocenters. The van der Waals surface area contributed by atoms with E-state index in [4.69, 9.17) is 0 Å². The monoisotopic (exact) mass is 491 g/mol. The molecule has 2 heterocycles. The van der Waals surface area contributed by atoms with E-state index in [1.807, 2.05) is 73.0 Å².